The Labute approximate surface area is 135 Å². The van der Waals surface area contributed by atoms with Crippen LogP contribution in [0.1, 0.15) is 37.5 Å². The highest BCUT2D eigenvalue weighted by Crippen LogP contribution is 2.32. The van der Waals surface area contributed by atoms with Gasteiger partial charge in [0.1, 0.15) is 5.60 Å². The quantitative estimate of drug-likeness (QED) is 0.647. The third-order valence-electron chi connectivity index (χ3n) is 3.70. The van der Waals surface area contributed by atoms with Crippen LogP contribution in [0.25, 0.3) is 0 Å². The molecule has 23 heavy (non-hydrogen) atoms. The Balaban J connectivity index is 2.51. The normalized spacial score (nSPS) is 20.7. The van der Waals surface area contributed by atoms with Gasteiger partial charge in [-0.2, -0.15) is 0 Å². The molecule has 2 rings (SSSR count). The maximum Gasteiger partial charge on any atom is 0.343 e. The van der Waals surface area contributed by atoms with Gasteiger partial charge in [0.25, 0.3) is 0 Å². The molecule has 0 amide bonds. The summed E-state index contributed by atoms with van der Waals surface area (Å²) in [6.07, 6.45) is 0.644. The van der Waals surface area contributed by atoms with Gasteiger partial charge < -0.3 is 14.6 Å². The van der Waals surface area contributed by atoms with Crippen LogP contribution in [0.15, 0.2) is 18.2 Å². The lowest BCUT2D eigenvalue weighted by Gasteiger charge is -2.36. The first kappa shape index (κ1) is 17.4. The first-order valence-electron chi connectivity index (χ1n) is 7.54. The minimum atomic E-state index is -1.87. The van der Waals surface area contributed by atoms with Crippen molar-refractivity contribution in [2.45, 2.75) is 44.9 Å². The van der Waals surface area contributed by atoms with Crippen molar-refractivity contribution in [3.8, 4) is 0 Å². The molecular weight excluding hydrogens is 298 g/mol. The van der Waals surface area contributed by atoms with Crippen molar-refractivity contribution in [2.75, 3.05) is 13.7 Å². The van der Waals surface area contributed by atoms with Crippen molar-refractivity contribution in [3.63, 3.8) is 0 Å². The molecule has 6 nitrogen and oxygen atoms in total. The Bertz CT molecular complexity index is 620. The van der Waals surface area contributed by atoms with Crippen molar-refractivity contribution in [1.82, 2.24) is 5.32 Å². The number of ether oxygens (including phenoxy) is 2. The summed E-state index contributed by atoms with van der Waals surface area (Å²) in [5.41, 5.74) is -0.435. The lowest BCUT2D eigenvalue weighted by atomic mass is 9.81. The first-order chi connectivity index (χ1) is 10.7. The number of fused-ring (bicyclic) bond motifs is 1. The number of methoxy groups -OCH3 is 1. The summed E-state index contributed by atoms with van der Waals surface area (Å²) in [7, 11) is 1.60. The van der Waals surface area contributed by atoms with Crippen LogP contribution in [0, 0.1) is 0 Å². The summed E-state index contributed by atoms with van der Waals surface area (Å²) >= 11 is 0. The van der Waals surface area contributed by atoms with Crippen LogP contribution in [0.2, 0.25) is 0 Å². The fraction of sp³-hybridized carbons (Fsp3) is 0.529. The Hall–Kier alpha value is -1.92. The number of carboxylic acids is 1. The van der Waals surface area contributed by atoms with Gasteiger partial charge in [0.2, 0.25) is 5.54 Å². The van der Waals surface area contributed by atoms with Gasteiger partial charge in [-0.1, -0.05) is 18.2 Å². The second-order valence-electron chi connectivity index (χ2n) is 6.66. The third kappa shape index (κ3) is 3.38. The monoisotopic (exact) mass is 321 g/mol. The van der Waals surface area contributed by atoms with E-state index in [1.807, 2.05) is 6.07 Å². The molecule has 0 aliphatic carbocycles. The molecule has 1 aromatic rings. The Morgan fingerprint density at radius 2 is 2.04 bits per heavy atom. The SMILES string of the molecule is COCc1ccc2c(c1)CCNC2(C(=O)O)C(=O)OC(C)(C)C. The van der Waals surface area contributed by atoms with Crippen molar-refractivity contribution in [3.05, 3.63) is 34.9 Å². The molecule has 0 fully saturated rings. The fourth-order valence-electron chi connectivity index (χ4n) is 2.77. The first-order valence-corrected chi connectivity index (χ1v) is 7.54. The van der Waals surface area contributed by atoms with Gasteiger partial charge in [-0.05, 0) is 43.9 Å². The van der Waals surface area contributed by atoms with E-state index >= 15 is 0 Å². The molecule has 126 valence electrons. The molecule has 0 spiro atoms. The second kappa shape index (κ2) is 6.29. The molecule has 6 heteroatoms. The van der Waals surface area contributed by atoms with Crippen LogP contribution in [0.4, 0.5) is 0 Å². The largest absolute Gasteiger partial charge is 0.479 e. The molecule has 0 saturated heterocycles. The summed E-state index contributed by atoms with van der Waals surface area (Å²) in [6, 6.07) is 5.34. The highest BCUT2D eigenvalue weighted by molar-refractivity contribution is 6.05. The number of hydrogen-bond donors (Lipinski definition) is 2. The number of nitrogens with one attached hydrogen (secondary N) is 1. The van der Waals surface area contributed by atoms with Crippen molar-refractivity contribution >= 4 is 11.9 Å². The van der Waals surface area contributed by atoms with E-state index in [4.69, 9.17) is 9.47 Å². The molecule has 1 aliphatic rings. The molecule has 0 bridgehead atoms. The van der Waals surface area contributed by atoms with E-state index in [0.29, 0.717) is 25.1 Å². The molecule has 0 saturated carbocycles. The maximum absolute atomic E-state index is 12.7. The van der Waals surface area contributed by atoms with Crippen LogP contribution < -0.4 is 5.32 Å². The molecule has 1 aromatic carbocycles. The van der Waals surface area contributed by atoms with Gasteiger partial charge in [-0.15, -0.1) is 0 Å². The van der Waals surface area contributed by atoms with E-state index in [9.17, 15) is 14.7 Å². The Morgan fingerprint density at radius 3 is 2.61 bits per heavy atom. The van der Waals surface area contributed by atoms with E-state index in [2.05, 4.69) is 5.32 Å². The highest BCUT2D eigenvalue weighted by atomic mass is 16.6. The number of carbonyl (C=O) groups is 2. The third-order valence-corrected chi connectivity index (χ3v) is 3.70. The van der Waals surface area contributed by atoms with Crippen LogP contribution in [-0.4, -0.2) is 36.3 Å². The van der Waals surface area contributed by atoms with Crippen LogP contribution in [-0.2, 0) is 37.6 Å². The van der Waals surface area contributed by atoms with E-state index in [0.717, 1.165) is 11.1 Å². The zero-order chi connectivity index (χ0) is 17.3. The standard InChI is InChI=1S/C17H23NO5/c1-16(2,3)23-15(21)17(14(19)20)13-6-5-11(10-22-4)9-12(13)7-8-18-17/h5-6,9,18H,7-8,10H2,1-4H3,(H,19,20). The lowest BCUT2D eigenvalue weighted by molar-refractivity contribution is -0.172. The van der Waals surface area contributed by atoms with Crippen molar-refractivity contribution in [1.29, 1.82) is 0 Å². The second-order valence-corrected chi connectivity index (χ2v) is 6.66. The average molecular weight is 321 g/mol. The van der Waals surface area contributed by atoms with Gasteiger partial charge in [0.05, 0.1) is 6.61 Å². The van der Waals surface area contributed by atoms with Gasteiger partial charge in [0, 0.05) is 13.7 Å². The topological polar surface area (TPSA) is 84.9 Å². The van der Waals surface area contributed by atoms with Crippen LogP contribution >= 0.6 is 0 Å². The summed E-state index contributed by atoms with van der Waals surface area (Å²) in [6.45, 7) is 5.96. The molecule has 0 aromatic heterocycles. The van der Waals surface area contributed by atoms with E-state index in [1.165, 1.54) is 0 Å². The molecule has 1 atom stereocenters. The molecular formula is C17H23NO5. The number of rotatable bonds is 4. The Morgan fingerprint density at radius 1 is 1.35 bits per heavy atom. The summed E-state index contributed by atoms with van der Waals surface area (Å²) in [4.78, 5) is 24.6. The summed E-state index contributed by atoms with van der Waals surface area (Å²) in [5.74, 6) is -2.05. The zero-order valence-electron chi connectivity index (χ0n) is 13.9. The molecule has 1 heterocycles. The minimum Gasteiger partial charge on any atom is -0.479 e. The zero-order valence-corrected chi connectivity index (χ0v) is 13.9. The van der Waals surface area contributed by atoms with Crippen molar-refractivity contribution in [2.24, 2.45) is 0 Å². The predicted octanol–water partition coefficient (Wildman–Crippen LogP) is 1.60. The predicted molar refractivity (Wildman–Crippen MR) is 84.0 cm³/mol. The Kier molecular flexibility index (Phi) is 4.77. The average Bonchev–Trinajstić information content (AvgIpc) is 2.44. The number of hydrogen-bond acceptors (Lipinski definition) is 5. The van der Waals surface area contributed by atoms with Gasteiger partial charge in [0.15, 0.2) is 0 Å². The number of aliphatic carboxylic acids is 1. The van der Waals surface area contributed by atoms with Gasteiger partial charge in [-0.25, -0.2) is 9.59 Å². The van der Waals surface area contributed by atoms with E-state index in [-0.39, 0.29) is 0 Å². The number of carboxylic acid groups (broad SMARTS) is 1. The molecule has 0 radical (unpaired) electrons. The molecule has 2 N–H and O–H groups in total. The molecule has 1 aliphatic heterocycles. The van der Waals surface area contributed by atoms with E-state index < -0.39 is 23.1 Å². The van der Waals surface area contributed by atoms with Crippen molar-refractivity contribution < 1.29 is 24.2 Å². The molecule has 1 unspecified atom stereocenters. The van der Waals surface area contributed by atoms with Crippen LogP contribution in [0.3, 0.4) is 0 Å². The smallest absolute Gasteiger partial charge is 0.343 e. The summed E-state index contributed by atoms with van der Waals surface area (Å²) < 4.78 is 10.5. The number of carbonyl (C=O) groups excluding carboxylic acids is 1. The fourth-order valence-corrected chi connectivity index (χ4v) is 2.77. The van der Waals surface area contributed by atoms with E-state index in [1.54, 1.807) is 40.0 Å². The number of esters is 1. The maximum atomic E-state index is 12.7. The van der Waals surface area contributed by atoms with Crippen LogP contribution in [0.5, 0.6) is 0 Å². The van der Waals surface area contributed by atoms with Gasteiger partial charge >= 0.3 is 11.9 Å². The highest BCUT2D eigenvalue weighted by Gasteiger charge is 2.53. The lowest BCUT2D eigenvalue weighted by Crippen LogP contribution is -2.60. The number of benzene rings is 1. The summed E-state index contributed by atoms with van der Waals surface area (Å²) in [5, 5.41) is 12.6. The van der Waals surface area contributed by atoms with Gasteiger partial charge in [-0.3, -0.25) is 5.32 Å². The minimum absolute atomic E-state index is 0.384.